The van der Waals surface area contributed by atoms with Gasteiger partial charge in [0.1, 0.15) is 0 Å². The second-order valence-electron chi connectivity index (χ2n) is 4.55. The van der Waals surface area contributed by atoms with Crippen LogP contribution in [0.1, 0.15) is 27.2 Å². The minimum atomic E-state index is 0.393. The molecule has 0 aliphatic carbocycles. The van der Waals surface area contributed by atoms with Crippen molar-refractivity contribution in [3.05, 3.63) is 12.3 Å². The molecule has 0 radical (unpaired) electrons. The predicted octanol–water partition coefficient (Wildman–Crippen LogP) is 2.50. The zero-order chi connectivity index (χ0) is 8.48. The van der Waals surface area contributed by atoms with Crippen LogP contribution in [0.4, 0.5) is 0 Å². The lowest BCUT2D eigenvalue weighted by atomic mass is 9.84. The smallest absolute Gasteiger partial charge is 0.0195 e. The average Bonchev–Trinajstić information content (AvgIpc) is 1.90. The van der Waals surface area contributed by atoms with Crippen molar-refractivity contribution in [3.63, 3.8) is 0 Å². The van der Waals surface area contributed by atoms with Gasteiger partial charge in [0.15, 0.2) is 0 Å². The number of rotatable bonds is 0. The molecule has 0 saturated heterocycles. The molecule has 64 valence electrons. The van der Waals surface area contributed by atoms with E-state index in [2.05, 4.69) is 45.0 Å². The minimum Gasteiger partial charge on any atom is -0.380 e. The van der Waals surface area contributed by atoms with Crippen molar-refractivity contribution in [2.24, 2.45) is 11.3 Å². The van der Waals surface area contributed by atoms with Gasteiger partial charge in [-0.2, -0.15) is 0 Å². The molecule has 0 N–H and O–H groups in total. The first-order chi connectivity index (χ1) is 4.99. The SMILES string of the molecule is CC1CN(C)C=CC(C)(C)C1. The summed E-state index contributed by atoms with van der Waals surface area (Å²) >= 11 is 0. The molecule has 0 fully saturated rings. The van der Waals surface area contributed by atoms with Gasteiger partial charge in [-0.05, 0) is 24.0 Å². The van der Waals surface area contributed by atoms with Crippen LogP contribution in [0.2, 0.25) is 0 Å². The van der Waals surface area contributed by atoms with Gasteiger partial charge in [0.05, 0.1) is 0 Å². The minimum absolute atomic E-state index is 0.393. The Kier molecular flexibility index (Phi) is 2.26. The largest absolute Gasteiger partial charge is 0.380 e. The molecule has 1 heteroatoms. The molecule has 0 aromatic heterocycles. The first kappa shape index (κ1) is 8.63. The summed E-state index contributed by atoms with van der Waals surface area (Å²) in [6.45, 7) is 8.13. The molecule has 1 nitrogen and oxygen atoms in total. The molecule has 1 heterocycles. The lowest BCUT2D eigenvalue weighted by molar-refractivity contribution is 0.315. The standard InChI is InChI=1S/C10H19N/c1-9-7-10(2,3)5-6-11(4)8-9/h5-6,9H,7-8H2,1-4H3. The Morgan fingerprint density at radius 3 is 2.73 bits per heavy atom. The van der Waals surface area contributed by atoms with Crippen molar-refractivity contribution in [3.8, 4) is 0 Å². The Labute approximate surface area is 70.1 Å². The van der Waals surface area contributed by atoms with E-state index in [1.165, 1.54) is 13.0 Å². The summed E-state index contributed by atoms with van der Waals surface area (Å²) in [5.74, 6) is 0.810. The molecule has 1 aliphatic rings. The van der Waals surface area contributed by atoms with Gasteiger partial charge in [0.25, 0.3) is 0 Å². The van der Waals surface area contributed by atoms with Gasteiger partial charge in [-0.25, -0.2) is 0 Å². The Morgan fingerprint density at radius 2 is 2.09 bits per heavy atom. The monoisotopic (exact) mass is 153 g/mol. The van der Waals surface area contributed by atoms with Crippen molar-refractivity contribution < 1.29 is 0 Å². The summed E-state index contributed by atoms with van der Waals surface area (Å²) in [6, 6.07) is 0. The van der Waals surface area contributed by atoms with Gasteiger partial charge in [0.2, 0.25) is 0 Å². The first-order valence-electron chi connectivity index (χ1n) is 4.39. The number of hydrogen-bond acceptors (Lipinski definition) is 1. The van der Waals surface area contributed by atoms with E-state index in [9.17, 15) is 0 Å². The molecule has 0 aromatic rings. The second-order valence-corrected chi connectivity index (χ2v) is 4.55. The summed E-state index contributed by atoms with van der Waals surface area (Å²) in [5, 5.41) is 0. The van der Waals surface area contributed by atoms with Crippen molar-refractivity contribution in [1.82, 2.24) is 4.90 Å². The van der Waals surface area contributed by atoms with Crippen LogP contribution in [0.5, 0.6) is 0 Å². The normalized spacial score (nSPS) is 30.2. The van der Waals surface area contributed by atoms with Crippen molar-refractivity contribution in [1.29, 1.82) is 0 Å². The topological polar surface area (TPSA) is 3.24 Å². The van der Waals surface area contributed by atoms with E-state index in [1.807, 2.05) is 0 Å². The fraction of sp³-hybridized carbons (Fsp3) is 0.800. The van der Waals surface area contributed by atoms with Crippen LogP contribution in [0.15, 0.2) is 12.3 Å². The molecule has 1 unspecified atom stereocenters. The van der Waals surface area contributed by atoms with Gasteiger partial charge >= 0.3 is 0 Å². The van der Waals surface area contributed by atoms with Gasteiger partial charge < -0.3 is 4.90 Å². The van der Waals surface area contributed by atoms with E-state index in [-0.39, 0.29) is 0 Å². The summed E-state index contributed by atoms with van der Waals surface area (Å²) in [4.78, 5) is 2.28. The molecule has 0 spiro atoms. The highest BCUT2D eigenvalue weighted by molar-refractivity contribution is 4.97. The molecule has 1 atom stereocenters. The van der Waals surface area contributed by atoms with Crippen molar-refractivity contribution in [2.45, 2.75) is 27.2 Å². The Balaban J connectivity index is 2.68. The van der Waals surface area contributed by atoms with E-state index in [4.69, 9.17) is 0 Å². The maximum Gasteiger partial charge on any atom is 0.0195 e. The third-order valence-corrected chi connectivity index (χ3v) is 2.25. The van der Waals surface area contributed by atoms with Gasteiger partial charge in [0, 0.05) is 13.6 Å². The summed E-state index contributed by atoms with van der Waals surface area (Å²) in [5.41, 5.74) is 0.393. The average molecular weight is 153 g/mol. The van der Waals surface area contributed by atoms with Gasteiger partial charge in [-0.1, -0.05) is 26.8 Å². The lowest BCUT2D eigenvalue weighted by Crippen LogP contribution is -2.18. The molecule has 0 amide bonds. The van der Waals surface area contributed by atoms with Crippen LogP contribution in [0.3, 0.4) is 0 Å². The number of allylic oxidation sites excluding steroid dienone is 1. The van der Waals surface area contributed by atoms with Crippen LogP contribution in [-0.4, -0.2) is 18.5 Å². The summed E-state index contributed by atoms with van der Waals surface area (Å²) in [7, 11) is 2.15. The van der Waals surface area contributed by atoms with E-state index < -0.39 is 0 Å². The van der Waals surface area contributed by atoms with E-state index >= 15 is 0 Å². The van der Waals surface area contributed by atoms with E-state index in [1.54, 1.807) is 0 Å². The van der Waals surface area contributed by atoms with Crippen LogP contribution in [0.25, 0.3) is 0 Å². The molecular formula is C10H19N. The maximum absolute atomic E-state index is 2.32. The van der Waals surface area contributed by atoms with Crippen molar-refractivity contribution in [2.75, 3.05) is 13.6 Å². The van der Waals surface area contributed by atoms with E-state index in [0.717, 1.165) is 5.92 Å². The molecule has 0 saturated carbocycles. The Hall–Kier alpha value is -0.460. The van der Waals surface area contributed by atoms with Crippen LogP contribution < -0.4 is 0 Å². The highest BCUT2D eigenvalue weighted by Gasteiger charge is 2.21. The highest BCUT2D eigenvalue weighted by atomic mass is 15.1. The zero-order valence-electron chi connectivity index (χ0n) is 8.09. The molecule has 0 bridgehead atoms. The van der Waals surface area contributed by atoms with Crippen LogP contribution >= 0.6 is 0 Å². The molecule has 1 rings (SSSR count). The molecular weight excluding hydrogens is 134 g/mol. The van der Waals surface area contributed by atoms with E-state index in [0.29, 0.717) is 5.41 Å². The number of nitrogens with zero attached hydrogens (tertiary/aromatic N) is 1. The summed E-state index contributed by atoms with van der Waals surface area (Å²) in [6.07, 6.45) is 5.83. The predicted molar refractivity (Wildman–Crippen MR) is 49.3 cm³/mol. The molecule has 0 aromatic carbocycles. The quantitative estimate of drug-likeness (QED) is 0.517. The zero-order valence-corrected chi connectivity index (χ0v) is 8.09. The maximum atomic E-state index is 2.32. The third kappa shape index (κ3) is 2.57. The lowest BCUT2D eigenvalue weighted by Gasteiger charge is -2.21. The van der Waals surface area contributed by atoms with Crippen LogP contribution in [0, 0.1) is 11.3 Å². The number of hydrogen-bond donors (Lipinski definition) is 0. The third-order valence-electron chi connectivity index (χ3n) is 2.25. The second kappa shape index (κ2) is 2.88. The van der Waals surface area contributed by atoms with Crippen molar-refractivity contribution >= 4 is 0 Å². The fourth-order valence-electron chi connectivity index (χ4n) is 1.91. The summed E-state index contributed by atoms with van der Waals surface area (Å²) < 4.78 is 0. The first-order valence-corrected chi connectivity index (χ1v) is 4.39. The van der Waals surface area contributed by atoms with Gasteiger partial charge in [-0.3, -0.25) is 0 Å². The Bertz CT molecular complexity index is 158. The fourth-order valence-corrected chi connectivity index (χ4v) is 1.91. The Morgan fingerprint density at radius 1 is 1.45 bits per heavy atom. The highest BCUT2D eigenvalue weighted by Crippen LogP contribution is 2.29. The van der Waals surface area contributed by atoms with Gasteiger partial charge in [-0.15, -0.1) is 0 Å². The van der Waals surface area contributed by atoms with Crippen LogP contribution in [-0.2, 0) is 0 Å². The molecule has 1 aliphatic heterocycles. The molecule has 11 heavy (non-hydrogen) atoms.